The van der Waals surface area contributed by atoms with Gasteiger partial charge in [0.2, 0.25) is 0 Å². The first kappa shape index (κ1) is 9.69. The van der Waals surface area contributed by atoms with E-state index in [1.54, 1.807) is 0 Å². The molecule has 0 amide bonds. The summed E-state index contributed by atoms with van der Waals surface area (Å²) in [5.41, 5.74) is 2.72. The highest BCUT2D eigenvalue weighted by Crippen LogP contribution is 2.08. The Morgan fingerprint density at radius 1 is 1.29 bits per heavy atom. The standard InChI is InChI=1S/C12H17NO/c1-11-3-5-12(6-4-11)7-9-13-8-2-10-14-13/h3-6H,2,7-10H2,1H3. The molecule has 1 aromatic carbocycles. The molecule has 0 N–H and O–H groups in total. The molecule has 76 valence electrons. The van der Waals surface area contributed by atoms with Gasteiger partial charge in [0.1, 0.15) is 0 Å². The molecule has 1 aliphatic heterocycles. The minimum absolute atomic E-state index is 0.897. The van der Waals surface area contributed by atoms with Crippen LogP contribution >= 0.6 is 0 Å². The largest absolute Gasteiger partial charge is 0.299 e. The number of benzene rings is 1. The van der Waals surface area contributed by atoms with Crippen molar-refractivity contribution in [3.05, 3.63) is 35.4 Å². The van der Waals surface area contributed by atoms with Gasteiger partial charge in [0, 0.05) is 13.1 Å². The van der Waals surface area contributed by atoms with Gasteiger partial charge in [-0.15, -0.1) is 0 Å². The smallest absolute Gasteiger partial charge is 0.0698 e. The highest BCUT2D eigenvalue weighted by atomic mass is 16.7. The van der Waals surface area contributed by atoms with E-state index >= 15 is 0 Å². The van der Waals surface area contributed by atoms with E-state index in [0.717, 1.165) is 26.1 Å². The van der Waals surface area contributed by atoms with Crippen LogP contribution in [0.25, 0.3) is 0 Å². The molecule has 1 saturated heterocycles. The van der Waals surface area contributed by atoms with Crippen LogP contribution in [0.2, 0.25) is 0 Å². The highest BCUT2D eigenvalue weighted by molar-refractivity contribution is 5.21. The van der Waals surface area contributed by atoms with Gasteiger partial charge in [0.25, 0.3) is 0 Å². The number of hydrogen-bond donors (Lipinski definition) is 0. The van der Waals surface area contributed by atoms with Crippen molar-refractivity contribution in [2.24, 2.45) is 0 Å². The molecular weight excluding hydrogens is 174 g/mol. The molecule has 1 aromatic rings. The molecule has 0 spiro atoms. The van der Waals surface area contributed by atoms with E-state index in [0.29, 0.717) is 0 Å². The monoisotopic (exact) mass is 191 g/mol. The molecular formula is C12H17NO. The maximum Gasteiger partial charge on any atom is 0.0698 e. The summed E-state index contributed by atoms with van der Waals surface area (Å²) in [7, 11) is 0. The maximum atomic E-state index is 5.43. The van der Waals surface area contributed by atoms with Crippen molar-refractivity contribution in [3.63, 3.8) is 0 Å². The number of nitrogens with zero attached hydrogens (tertiary/aromatic N) is 1. The molecule has 14 heavy (non-hydrogen) atoms. The molecule has 0 aromatic heterocycles. The lowest BCUT2D eigenvalue weighted by atomic mass is 10.1. The zero-order chi connectivity index (χ0) is 9.80. The van der Waals surface area contributed by atoms with Gasteiger partial charge < -0.3 is 0 Å². The molecule has 1 aliphatic rings. The van der Waals surface area contributed by atoms with Crippen LogP contribution in [0.1, 0.15) is 17.5 Å². The topological polar surface area (TPSA) is 12.5 Å². The summed E-state index contributed by atoms with van der Waals surface area (Å²) in [5.74, 6) is 0. The summed E-state index contributed by atoms with van der Waals surface area (Å²) in [5, 5.41) is 2.07. The first-order valence-electron chi connectivity index (χ1n) is 5.28. The van der Waals surface area contributed by atoms with Crippen molar-refractivity contribution >= 4 is 0 Å². The number of rotatable bonds is 3. The van der Waals surface area contributed by atoms with Gasteiger partial charge in [-0.3, -0.25) is 4.84 Å². The molecule has 0 atom stereocenters. The van der Waals surface area contributed by atoms with Gasteiger partial charge in [-0.25, -0.2) is 0 Å². The van der Waals surface area contributed by atoms with Gasteiger partial charge in [-0.05, 0) is 25.3 Å². The van der Waals surface area contributed by atoms with Crippen molar-refractivity contribution in [2.45, 2.75) is 19.8 Å². The van der Waals surface area contributed by atoms with E-state index in [9.17, 15) is 0 Å². The van der Waals surface area contributed by atoms with Crippen LogP contribution < -0.4 is 0 Å². The lowest BCUT2D eigenvalue weighted by Crippen LogP contribution is -2.20. The lowest BCUT2D eigenvalue weighted by Gasteiger charge is -2.13. The Bertz CT molecular complexity index is 275. The van der Waals surface area contributed by atoms with Crippen molar-refractivity contribution in [1.82, 2.24) is 5.06 Å². The summed E-state index contributed by atoms with van der Waals surface area (Å²) in [6, 6.07) is 8.73. The summed E-state index contributed by atoms with van der Waals surface area (Å²) in [4.78, 5) is 5.43. The molecule has 1 heterocycles. The van der Waals surface area contributed by atoms with Crippen LogP contribution in [-0.2, 0) is 11.3 Å². The Kier molecular flexibility index (Phi) is 3.17. The Morgan fingerprint density at radius 2 is 2.07 bits per heavy atom. The van der Waals surface area contributed by atoms with E-state index in [2.05, 4.69) is 36.3 Å². The van der Waals surface area contributed by atoms with Crippen LogP contribution in [-0.4, -0.2) is 24.8 Å². The third-order valence-electron chi connectivity index (χ3n) is 2.60. The van der Waals surface area contributed by atoms with Crippen molar-refractivity contribution < 1.29 is 4.84 Å². The summed E-state index contributed by atoms with van der Waals surface area (Å²) in [6.07, 6.45) is 2.26. The van der Waals surface area contributed by atoms with E-state index < -0.39 is 0 Å². The van der Waals surface area contributed by atoms with E-state index in [-0.39, 0.29) is 0 Å². The molecule has 0 radical (unpaired) electrons. The highest BCUT2D eigenvalue weighted by Gasteiger charge is 2.11. The molecule has 1 fully saturated rings. The van der Waals surface area contributed by atoms with E-state index in [1.807, 2.05) is 0 Å². The molecule has 0 saturated carbocycles. The second kappa shape index (κ2) is 4.58. The minimum Gasteiger partial charge on any atom is -0.299 e. The molecule has 0 aliphatic carbocycles. The quantitative estimate of drug-likeness (QED) is 0.726. The fourth-order valence-corrected chi connectivity index (χ4v) is 1.68. The molecule has 2 rings (SSSR count). The summed E-state index contributed by atoms with van der Waals surface area (Å²) >= 11 is 0. The SMILES string of the molecule is Cc1ccc(CCN2CCCO2)cc1. The fraction of sp³-hybridized carbons (Fsp3) is 0.500. The predicted octanol–water partition coefficient (Wildman–Crippen LogP) is 2.17. The van der Waals surface area contributed by atoms with Crippen LogP contribution in [0.3, 0.4) is 0 Å². The van der Waals surface area contributed by atoms with Gasteiger partial charge in [0.15, 0.2) is 0 Å². The third kappa shape index (κ3) is 2.56. The van der Waals surface area contributed by atoms with Crippen LogP contribution in [0.5, 0.6) is 0 Å². The normalized spacial score (nSPS) is 17.5. The Hall–Kier alpha value is -0.860. The Balaban J connectivity index is 1.82. The first-order valence-corrected chi connectivity index (χ1v) is 5.28. The van der Waals surface area contributed by atoms with Crippen LogP contribution in [0.4, 0.5) is 0 Å². The van der Waals surface area contributed by atoms with E-state index in [4.69, 9.17) is 4.84 Å². The summed E-state index contributed by atoms with van der Waals surface area (Å²) in [6.45, 7) is 5.12. The van der Waals surface area contributed by atoms with Gasteiger partial charge in [0.05, 0.1) is 6.61 Å². The Labute approximate surface area is 85.4 Å². The lowest BCUT2D eigenvalue weighted by molar-refractivity contribution is -0.108. The Morgan fingerprint density at radius 3 is 2.71 bits per heavy atom. The van der Waals surface area contributed by atoms with Gasteiger partial charge >= 0.3 is 0 Å². The average molecular weight is 191 g/mol. The van der Waals surface area contributed by atoms with E-state index in [1.165, 1.54) is 17.5 Å². The molecule has 2 heteroatoms. The third-order valence-corrected chi connectivity index (χ3v) is 2.60. The molecule has 0 bridgehead atoms. The molecule has 2 nitrogen and oxygen atoms in total. The predicted molar refractivity (Wildman–Crippen MR) is 57.0 cm³/mol. The van der Waals surface area contributed by atoms with Crippen LogP contribution in [0.15, 0.2) is 24.3 Å². The first-order chi connectivity index (χ1) is 6.84. The zero-order valence-corrected chi connectivity index (χ0v) is 8.70. The second-order valence-electron chi connectivity index (χ2n) is 3.85. The zero-order valence-electron chi connectivity index (χ0n) is 8.70. The van der Waals surface area contributed by atoms with Gasteiger partial charge in [-0.2, -0.15) is 5.06 Å². The molecule has 0 unspecified atom stereocenters. The van der Waals surface area contributed by atoms with Gasteiger partial charge in [-0.1, -0.05) is 29.8 Å². The second-order valence-corrected chi connectivity index (χ2v) is 3.85. The fourth-order valence-electron chi connectivity index (χ4n) is 1.68. The van der Waals surface area contributed by atoms with Crippen molar-refractivity contribution in [1.29, 1.82) is 0 Å². The number of hydrogen-bond acceptors (Lipinski definition) is 2. The van der Waals surface area contributed by atoms with Crippen molar-refractivity contribution in [3.8, 4) is 0 Å². The summed E-state index contributed by atoms with van der Waals surface area (Å²) < 4.78 is 0. The minimum atomic E-state index is 0.897. The number of aryl methyl sites for hydroxylation is 1. The van der Waals surface area contributed by atoms with Crippen molar-refractivity contribution in [2.75, 3.05) is 19.7 Å². The van der Waals surface area contributed by atoms with Crippen LogP contribution in [0, 0.1) is 6.92 Å². The maximum absolute atomic E-state index is 5.43. The number of hydroxylamine groups is 2. The average Bonchev–Trinajstić information content (AvgIpc) is 2.70.